The van der Waals surface area contributed by atoms with E-state index in [1.807, 2.05) is 31.2 Å². The van der Waals surface area contributed by atoms with Crippen LogP contribution in [0.25, 0.3) is 0 Å². The first kappa shape index (κ1) is 22.3. The Morgan fingerprint density at radius 1 is 1.15 bits per heavy atom. The molecule has 0 spiro atoms. The Labute approximate surface area is 191 Å². The van der Waals surface area contributed by atoms with Gasteiger partial charge in [0.05, 0.1) is 12.0 Å². The first-order valence-electron chi connectivity index (χ1n) is 10.6. The molecule has 0 fully saturated rings. The Balaban J connectivity index is 1.52. The van der Waals surface area contributed by atoms with E-state index in [0.717, 1.165) is 16.8 Å². The molecular formula is C25H25N3O5. The lowest BCUT2D eigenvalue weighted by molar-refractivity contribution is -0.136. The van der Waals surface area contributed by atoms with Crippen molar-refractivity contribution in [2.24, 2.45) is 5.10 Å². The number of aryl methyl sites for hydroxylation is 2. The van der Waals surface area contributed by atoms with Crippen LogP contribution in [-0.2, 0) is 9.53 Å². The van der Waals surface area contributed by atoms with Crippen LogP contribution >= 0.6 is 0 Å². The average molecular weight is 447 g/mol. The molecule has 0 radical (unpaired) electrons. The summed E-state index contributed by atoms with van der Waals surface area (Å²) in [7, 11) is 0. The normalized spacial score (nSPS) is 15.5. The number of carbonyl (C=O) groups excluding carboxylic acids is 3. The predicted octanol–water partition coefficient (Wildman–Crippen LogP) is 4.27. The summed E-state index contributed by atoms with van der Waals surface area (Å²) in [5.41, 5.74) is 4.51. The van der Waals surface area contributed by atoms with Crippen LogP contribution in [0.2, 0.25) is 0 Å². The standard InChI is InChI=1S/C25H25N3O5/c1-14-7-9-18(10-8-14)19-12-20(21-6-5-11-32-21)28(27-19)22(30)13-33-25(31)24-15(2)23(17(4)29)16(3)26-24/h5-11,20,26H,12-13H2,1-4H3. The van der Waals surface area contributed by atoms with E-state index in [-0.39, 0.29) is 11.5 Å². The predicted molar refractivity (Wildman–Crippen MR) is 121 cm³/mol. The number of furan rings is 1. The Morgan fingerprint density at radius 3 is 2.48 bits per heavy atom. The Hall–Kier alpha value is -3.94. The Morgan fingerprint density at radius 2 is 1.88 bits per heavy atom. The molecule has 8 heteroatoms. The van der Waals surface area contributed by atoms with Crippen LogP contribution in [-0.4, -0.2) is 40.0 Å². The highest BCUT2D eigenvalue weighted by atomic mass is 16.5. The third-order valence-corrected chi connectivity index (χ3v) is 5.74. The van der Waals surface area contributed by atoms with Gasteiger partial charge in [0.1, 0.15) is 17.5 Å². The van der Waals surface area contributed by atoms with E-state index in [1.54, 1.807) is 32.2 Å². The molecule has 8 nitrogen and oxygen atoms in total. The summed E-state index contributed by atoms with van der Waals surface area (Å²) in [6.07, 6.45) is 2.03. The summed E-state index contributed by atoms with van der Waals surface area (Å²) in [6.45, 7) is 6.33. The van der Waals surface area contributed by atoms with Crippen LogP contribution in [0.15, 0.2) is 52.2 Å². The fraction of sp³-hybridized carbons (Fsp3) is 0.280. The number of benzene rings is 1. The monoisotopic (exact) mass is 447 g/mol. The number of ketones is 1. The van der Waals surface area contributed by atoms with Crippen LogP contribution in [0.1, 0.15) is 68.4 Å². The number of hydrogen-bond acceptors (Lipinski definition) is 6. The lowest BCUT2D eigenvalue weighted by Crippen LogP contribution is -2.31. The number of aromatic nitrogens is 1. The molecule has 1 amide bonds. The van der Waals surface area contributed by atoms with Crippen LogP contribution in [0.5, 0.6) is 0 Å². The van der Waals surface area contributed by atoms with Crippen molar-refractivity contribution in [3.8, 4) is 0 Å². The van der Waals surface area contributed by atoms with Crippen molar-refractivity contribution in [3.63, 3.8) is 0 Å². The molecule has 3 aromatic rings. The van der Waals surface area contributed by atoms with Crippen LogP contribution in [0.4, 0.5) is 0 Å². The fourth-order valence-electron chi connectivity index (χ4n) is 4.11. The second-order valence-electron chi connectivity index (χ2n) is 8.14. The van der Waals surface area contributed by atoms with Crippen LogP contribution in [0, 0.1) is 20.8 Å². The maximum absolute atomic E-state index is 13.0. The van der Waals surface area contributed by atoms with E-state index >= 15 is 0 Å². The van der Waals surface area contributed by atoms with E-state index in [0.29, 0.717) is 29.0 Å². The van der Waals surface area contributed by atoms with Crippen molar-refractivity contribution >= 4 is 23.4 Å². The summed E-state index contributed by atoms with van der Waals surface area (Å²) in [5, 5.41) is 5.85. The molecule has 33 heavy (non-hydrogen) atoms. The van der Waals surface area contributed by atoms with Crippen molar-refractivity contribution in [2.45, 2.75) is 40.2 Å². The number of hydrogen-bond donors (Lipinski definition) is 1. The van der Waals surface area contributed by atoms with Crippen molar-refractivity contribution in [1.29, 1.82) is 0 Å². The molecule has 4 rings (SSSR count). The zero-order valence-corrected chi connectivity index (χ0v) is 19.0. The van der Waals surface area contributed by atoms with Gasteiger partial charge >= 0.3 is 5.97 Å². The topological polar surface area (TPSA) is 105 Å². The molecule has 0 bridgehead atoms. The van der Waals surface area contributed by atoms with Gasteiger partial charge in [-0.3, -0.25) is 9.59 Å². The molecule has 170 valence electrons. The number of esters is 1. The number of ether oxygens (including phenoxy) is 1. The number of nitrogens with one attached hydrogen (secondary N) is 1. The summed E-state index contributed by atoms with van der Waals surface area (Å²) in [4.78, 5) is 40.3. The molecule has 1 aliphatic heterocycles. The molecule has 1 N–H and O–H groups in total. The van der Waals surface area contributed by atoms with E-state index in [2.05, 4.69) is 10.1 Å². The lowest BCUT2D eigenvalue weighted by Gasteiger charge is -2.19. The second kappa shape index (κ2) is 8.90. The maximum Gasteiger partial charge on any atom is 0.355 e. The van der Waals surface area contributed by atoms with Gasteiger partial charge in [0.15, 0.2) is 12.4 Å². The number of amides is 1. The lowest BCUT2D eigenvalue weighted by atomic mass is 10.0. The maximum atomic E-state index is 13.0. The van der Waals surface area contributed by atoms with Gasteiger partial charge in [-0.1, -0.05) is 29.8 Å². The smallest absolute Gasteiger partial charge is 0.355 e. The molecule has 3 heterocycles. The molecule has 0 aliphatic carbocycles. The molecular weight excluding hydrogens is 422 g/mol. The van der Waals surface area contributed by atoms with Crippen molar-refractivity contribution in [2.75, 3.05) is 6.61 Å². The van der Waals surface area contributed by atoms with Gasteiger partial charge in [-0.25, -0.2) is 9.80 Å². The number of carbonyl (C=O) groups is 3. The van der Waals surface area contributed by atoms with Gasteiger partial charge in [0.2, 0.25) is 0 Å². The first-order chi connectivity index (χ1) is 15.8. The molecule has 1 unspecified atom stereocenters. The molecule has 0 saturated carbocycles. The van der Waals surface area contributed by atoms with Gasteiger partial charge in [0, 0.05) is 17.7 Å². The van der Waals surface area contributed by atoms with E-state index < -0.39 is 24.5 Å². The summed E-state index contributed by atoms with van der Waals surface area (Å²) < 4.78 is 10.8. The quantitative estimate of drug-likeness (QED) is 0.449. The number of H-pyrrole nitrogens is 1. The number of hydrazone groups is 1. The van der Waals surface area contributed by atoms with E-state index in [9.17, 15) is 14.4 Å². The van der Waals surface area contributed by atoms with Crippen molar-refractivity contribution in [3.05, 3.63) is 82.1 Å². The minimum absolute atomic E-state index is 0.146. The van der Waals surface area contributed by atoms with E-state index in [4.69, 9.17) is 9.15 Å². The number of rotatable bonds is 6. The van der Waals surface area contributed by atoms with Gasteiger partial charge in [-0.05, 0) is 51.0 Å². The van der Waals surface area contributed by atoms with Gasteiger partial charge in [-0.2, -0.15) is 5.10 Å². The highest BCUT2D eigenvalue weighted by molar-refractivity contribution is 6.04. The SMILES string of the molecule is CC(=O)c1c(C)[nH]c(C(=O)OCC(=O)N2N=C(c3ccc(C)cc3)CC2c2ccco2)c1C. The molecule has 0 saturated heterocycles. The van der Waals surface area contributed by atoms with Gasteiger partial charge < -0.3 is 14.1 Å². The summed E-state index contributed by atoms with van der Waals surface area (Å²) in [5.74, 6) is -0.720. The second-order valence-corrected chi connectivity index (χ2v) is 8.14. The van der Waals surface area contributed by atoms with Gasteiger partial charge in [0.25, 0.3) is 5.91 Å². The third kappa shape index (κ3) is 4.37. The van der Waals surface area contributed by atoms with Crippen molar-refractivity contribution in [1.82, 2.24) is 9.99 Å². The molecule has 1 aromatic carbocycles. The van der Waals surface area contributed by atoms with Gasteiger partial charge in [-0.15, -0.1) is 0 Å². The highest BCUT2D eigenvalue weighted by Crippen LogP contribution is 2.33. The summed E-state index contributed by atoms with van der Waals surface area (Å²) in [6, 6.07) is 11.0. The zero-order valence-electron chi connectivity index (χ0n) is 19.0. The largest absolute Gasteiger partial charge is 0.467 e. The molecule has 1 atom stereocenters. The Kier molecular flexibility index (Phi) is 6.00. The van der Waals surface area contributed by atoms with E-state index in [1.165, 1.54) is 11.9 Å². The van der Waals surface area contributed by atoms with Crippen LogP contribution in [0.3, 0.4) is 0 Å². The molecule has 2 aromatic heterocycles. The fourth-order valence-corrected chi connectivity index (χ4v) is 4.11. The number of aromatic amines is 1. The summed E-state index contributed by atoms with van der Waals surface area (Å²) >= 11 is 0. The minimum atomic E-state index is -0.701. The minimum Gasteiger partial charge on any atom is -0.467 e. The number of nitrogens with zero attached hydrogens (tertiary/aromatic N) is 2. The number of Topliss-reactive ketones (excluding diaryl/α,β-unsaturated/α-hetero) is 1. The Bertz CT molecular complexity index is 1240. The highest BCUT2D eigenvalue weighted by Gasteiger charge is 2.35. The van der Waals surface area contributed by atoms with Crippen LogP contribution < -0.4 is 0 Å². The average Bonchev–Trinajstić information content (AvgIpc) is 3.51. The third-order valence-electron chi connectivity index (χ3n) is 5.74. The zero-order chi connectivity index (χ0) is 23.7. The molecule has 1 aliphatic rings. The van der Waals surface area contributed by atoms with Crippen molar-refractivity contribution < 1.29 is 23.5 Å². The first-order valence-corrected chi connectivity index (χ1v) is 10.6.